The highest BCUT2D eigenvalue weighted by molar-refractivity contribution is 7.98. The van der Waals surface area contributed by atoms with E-state index in [1.54, 1.807) is 0 Å². The third-order valence-corrected chi connectivity index (χ3v) is 3.90. The summed E-state index contributed by atoms with van der Waals surface area (Å²) in [7, 11) is 0. The molecule has 1 heterocycles. The van der Waals surface area contributed by atoms with Crippen molar-refractivity contribution in [2.45, 2.75) is 25.8 Å². The summed E-state index contributed by atoms with van der Waals surface area (Å²) < 4.78 is 0. The number of thioether (sulfide) groups is 1. The van der Waals surface area contributed by atoms with Crippen molar-refractivity contribution in [2.24, 2.45) is 0 Å². The number of para-hydroxylation sites is 1. The van der Waals surface area contributed by atoms with Crippen molar-refractivity contribution in [2.75, 3.05) is 30.4 Å². The molecular weight excluding hydrogens is 228 g/mol. The van der Waals surface area contributed by atoms with Crippen LogP contribution >= 0.6 is 11.8 Å². The Kier molecular flexibility index (Phi) is 5.20. The van der Waals surface area contributed by atoms with Gasteiger partial charge in [-0.1, -0.05) is 18.2 Å². The third kappa shape index (κ3) is 3.65. The molecule has 3 heteroatoms. The summed E-state index contributed by atoms with van der Waals surface area (Å²) in [6.45, 7) is 3.22. The Morgan fingerprint density at radius 3 is 3.18 bits per heavy atom. The van der Waals surface area contributed by atoms with E-state index in [9.17, 15) is 0 Å². The molecule has 1 aromatic carbocycles. The Morgan fingerprint density at radius 2 is 2.29 bits per heavy atom. The van der Waals surface area contributed by atoms with Gasteiger partial charge in [0.25, 0.3) is 0 Å². The summed E-state index contributed by atoms with van der Waals surface area (Å²) in [6.07, 6.45) is 5.95. The van der Waals surface area contributed by atoms with E-state index >= 15 is 0 Å². The molecule has 0 amide bonds. The van der Waals surface area contributed by atoms with Crippen molar-refractivity contribution in [3.8, 4) is 0 Å². The zero-order chi connectivity index (χ0) is 11.9. The van der Waals surface area contributed by atoms with Gasteiger partial charge in [0.1, 0.15) is 0 Å². The van der Waals surface area contributed by atoms with E-state index in [0.29, 0.717) is 0 Å². The predicted octanol–water partition coefficient (Wildman–Crippen LogP) is 2.89. The molecule has 0 bridgehead atoms. The molecule has 0 spiro atoms. The van der Waals surface area contributed by atoms with Crippen LogP contribution in [0.5, 0.6) is 0 Å². The van der Waals surface area contributed by atoms with Gasteiger partial charge < -0.3 is 10.6 Å². The molecule has 2 rings (SSSR count). The number of nitrogens with one attached hydrogen (secondary N) is 2. The van der Waals surface area contributed by atoms with Crippen LogP contribution in [0, 0.1) is 0 Å². The van der Waals surface area contributed by atoms with Crippen LogP contribution in [0.4, 0.5) is 5.69 Å². The maximum atomic E-state index is 3.54. The van der Waals surface area contributed by atoms with Crippen LogP contribution in [0.1, 0.15) is 24.0 Å². The molecule has 2 nitrogen and oxygen atoms in total. The highest BCUT2D eigenvalue weighted by Crippen LogP contribution is 2.26. The highest BCUT2D eigenvalue weighted by Gasteiger charge is 2.12. The second-order valence-corrected chi connectivity index (χ2v) is 5.49. The minimum absolute atomic E-state index is 0.995. The van der Waals surface area contributed by atoms with Crippen molar-refractivity contribution >= 4 is 17.4 Å². The van der Waals surface area contributed by atoms with Crippen LogP contribution in [0.2, 0.25) is 0 Å². The molecule has 1 aliphatic rings. The normalized spacial score (nSPS) is 13.5. The van der Waals surface area contributed by atoms with Crippen LogP contribution in [0.25, 0.3) is 0 Å². The van der Waals surface area contributed by atoms with Gasteiger partial charge in [0.15, 0.2) is 0 Å². The lowest BCUT2D eigenvalue weighted by Crippen LogP contribution is -2.15. The molecule has 1 aliphatic heterocycles. The van der Waals surface area contributed by atoms with Gasteiger partial charge in [-0.3, -0.25) is 0 Å². The Labute approximate surface area is 109 Å². The summed E-state index contributed by atoms with van der Waals surface area (Å²) in [5.41, 5.74) is 4.28. The van der Waals surface area contributed by atoms with Crippen molar-refractivity contribution in [1.29, 1.82) is 0 Å². The van der Waals surface area contributed by atoms with Gasteiger partial charge in [0.05, 0.1) is 0 Å². The third-order valence-electron chi connectivity index (χ3n) is 3.20. The lowest BCUT2D eigenvalue weighted by molar-refractivity contribution is 0.644. The maximum absolute atomic E-state index is 3.54. The van der Waals surface area contributed by atoms with Crippen LogP contribution in [0.15, 0.2) is 18.2 Å². The van der Waals surface area contributed by atoms with Crippen molar-refractivity contribution < 1.29 is 0 Å². The van der Waals surface area contributed by atoms with Gasteiger partial charge in [-0.2, -0.15) is 11.8 Å². The first-order chi connectivity index (χ1) is 8.42. The highest BCUT2D eigenvalue weighted by atomic mass is 32.2. The Hall–Kier alpha value is -0.670. The molecule has 0 aromatic heterocycles. The van der Waals surface area contributed by atoms with Gasteiger partial charge >= 0.3 is 0 Å². The summed E-state index contributed by atoms with van der Waals surface area (Å²) >= 11 is 1.93. The van der Waals surface area contributed by atoms with E-state index in [1.165, 1.54) is 41.8 Å². The van der Waals surface area contributed by atoms with Gasteiger partial charge in [0, 0.05) is 18.8 Å². The van der Waals surface area contributed by atoms with E-state index in [1.807, 2.05) is 11.8 Å². The van der Waals surface area contributed by atoms with Crippen molar-refractivity contribution in [3.63, 3.8) is 0 Å². The monoisotopic (exact) mass is 250 g/mol. The Morgan fingerprint density at radius 1 is 1.35 bits per heavy atom. The molecule has 1 aromatic rings. The minimum atomic E-state index is 0.995. The standard InChI is InChI=1S/C14H22N2S/c1-17-10-3-2-8-15-11-13-6-4-5-12-7-9-16-14(12)13/h4-6,15-16H,2-3,7-11H2,1H3. The molecule has 0 saturated heterocycles. The molecule has 0 atom stereocenters. The fourth-order valence-corrected chi connectivity index (χ4v) is 2.77. The first-order valence-electron chi connectivity index (χ1n) is 6.46. The van der Waals surface area contributed by atoms with Gasteiger partial charge in [-0.05, 0) is 48.9 Å². The van der Waals surface area contributed by atoms with Crippen molar-refractivity contribution in [3.05, 3.63) is 29.3 Å². The summed E-state index contributed by atoms with van der Waals surface area (Å²) in [6, 6.07) is 6.64. The number of unbranched alkanes of at least 4 members (excludes halogenated alkanes) is 1. The lowest BCUT2D eigenvalue weighted by Gasteiger charge is -2.10. The average Bonchev–Trinajstić information content (AvgIpc) is 2.82. The first-order valence-corrected chi connectivity index (χ1v) is 7.85. The van der Waals surface area contributed by atoms with Crippen LogP contribution in [-0.4, -0.2) is 25.1 Å². The molecule has 17 heavy (non-hydrogen) atoms. The quantitative estimate of drug-likeness (QED) is 0.728. The van der Waals surface area contributed by atoms with Crippen LogP contribution < -0.4 is 10.6 Å². The number of hydrogen-bond donors (Lipinski definition) is 2. The summed E-state index contributed by atoms with van der Waals surface area (Å²) in [5.74, 6) is 1.28. The number of hydrogen-bond acceptors (Lipinski definition) is 3. The van der Waals surface area contributed by atoms with E-state index in [-0.39, 0.29) is 0 Å². The Balaban J connectivity index is 1.74. The van der Waals surface area contributed by atoms with E-state index in [0.717, 1.165) is 19.6 Å². The molecule has 0 radical (unpaired) electrons. The number of rotatable bonds is 7. The molecule has 0 fully saturated rings. The van der Waals surface area contributed by atoms with E-state index < -0.39 is 0 Å². The molecule has 0 unspecified atom stereocenters. The van der Waals surface area contributed by atoms with Gasteiger partial charge in [-0.15, -0.1) is 0 Å². The van der Waals surface area contributed by atoms with Crippen LogP contribution in [-0.2, 0) is 13.0 Å². The smallest absolute Gasteiger partial charge is 0.0419 e. The Bertz CT molecular complexity index is 352. The average molecular weight is 250 g/mol. The topological polar surface area (TPSA) is 24.1 Å². The second-order valence-electron chi connectivity index (χ2n) is 4.50. The largest absolute Gasteiger partial charge is 0.384 e. The fraction of sp³-hybridized carbons (Fsp3) is 0.571. The maximum Gasteiger partial charge on any atom is 0.0419 e. The molecule has 94 valence electrons. The number of benzene rings is 1. The van der Waals surface area contributed by atoms with Crippen LogP contribution in [0.3, 0.4) is 0 Å². The van der Waals surface area contributed by atoms with E-state index in [4.69, 9.17) is 0 Å². The van der Waals surface area contributed by atoms with Gasteiger partial charge in [0.2, 0.25) is 0 Å². The summed E-state index contributed by atoms with van der Waals surface area (Å²) in [4.78, 5) is 0. The minimum Gasteiger partial charge on any atom is -0.384 e. The zero-order valence-corrected chi connectivity index (χ0v) is 11.4. The first kappa shape index (κ1) is 12.8. The number of anilines is 1. The molecule has 0 aliphatic carbocycles. The predicted molar refractivity (Wildman–Crippen MR) is 78.0 cm³/mol. The molecular formula is C14H22N2S. The number of fused-ring (bicyclic) bond motifs is 1. The zero-order valence-electron chi connectivity index (χ0n) is 10.6. The van der Waals surface area contributed by atoms with Crippen molar-refractivity contribution in [1.82, 2.24) is 5.32 Å². The molecule has 2 N–H and O–H groups in total. The summed E-state index contributed by atoms with van der Waals surface area (Å²) in [5, 5.41) is 7.03. The van der Waals surface area contributed by atoms with E-state index in [2.05, 4.69) is 35.1 Å². The van der Waals surface area contributed by atoms with Gasteiger partial charge in [-0.25, -0.2) is 0 Å². The fourth-order valence-electron chi connectivity index (χ4n) is 2.28. The SMILES string of the molecule is CSCCCCNCc1cccc2c1NCC2. The molecule has 0 saturated carbocycles. The lowest BCUT2D eigenvalue weighted by atomic mass is 10.1. The second kappa shape index (κ2) is 6.92.